The molecule has 0 aliphatic heterocycles. The number of nitrogens with one attached hydrogen (secondary N) is 2. The molecule has 0 fully saturated rings. The molecule has 1 atom stereocenters. The minimum atomic E-state index is -0.110. The van der Waals surface area contributed by atoms with E-state index in [-0.39, 0.29) is 18.6 Å². The van der Waals surface area contributed by atoms with Crippen LogP contribution in [0.15, 0.2) is 48.5 Å². The molecule has 2 aromatic carbocycles. The molecule has 0 bridgehead atoms. The van der Waals surface area contributed by atoms with E-state index in [9.17, 15) is 4.79 Å². The smallest absolute Gasteiger partial charge is 0.258 e. The number of quaternary nitrogens is 1. The molecule has 5 heteroatoms. The van der Waals surface area contributed by atoms with E-state index < -0.39 is 0 Å². The lowest BCUT2D eigenvalue weighted by Crippen LogP contribution is -3.07. The topological polar surface area (TPSA) is 46.0 Å². The Kier molecular flexibility index (Phi) is 7.04. The largest absolute Gasteiger partial charge is 0.484 e. The Morgan fingerprint density at radius 2 is 1.69 bits per heavy atom. The third kappa shape index (κ3) is 5.77. The Hall–Kier alpha value is -2.53. The summed E-state index contributed by atoms with van der Waals surface area (Å²) in [6.45, 7) is 2.61. The number of nitrogens with zero attached hydrogens (tertiary/aromatic N) is 1. The van der Waals surface area contributed by atoms with Crippen LogP contribution in [0.2, 0.25) is 0 Å². The van der Waals surface area contributed by atoms with Gasteiger partial charge in [-0.15, -0.1) is 0 Å². The highest BCUT2D eigenvalue weighted by Gasteiger charge is 2.19. The molecule has 0 aromatic heterocycles. The molecule has 0 radical (unpaired) electrons. The molecule has 0 spiro atoms. The van der Waals surface area contributed by atoms with Crippen LogP contribution in [-0.4, -0.2) is 47.2 Å². The Labute approximate surface area is 156 Å². The normalized spacial score (nSPS) is 11.9. The number of hydrogen-bond donors (Lipinski definition) is 2. The van der Waals surface area contributed by atoms with E-state index >= 15 is 0 Å². The number of rotatable bonds is 8. The fourth-order valence-corrected chi connectivity index (χ4v) is 2.71. The number of aryl methyl sites for hydroxylation is 1. The molecular formula is C21H30N3O2+. The molecule has 0 heterocycles. The molecule has 2 rings (SSSR count). The number of ether oxygens (including phenoxy) is 1. The van der Waals surface area contributed by atoms with Crippen LogP contribution < -0.4 is 19.9 Å². The first-order valence-corrected chi connectivity index (χ1v) is 8.90. The van der Waals surface area contributed by atoms with Crippen LogP contribution in [0.3, 0.4) is 0 Å². The van der Waals surface area contributed by atoms with Gasteiger partial charge in [0.15, 0.2) is 6.61 Å². The number of likely N-dealkylation sites (N-methyl/N-ethyl adjacent to an activating group) is 1. The van der Waals surface area contributed by atoms with Gasteiger partial charge in [0.2, 0.25) is 0 Å². The summed E-state index contributed by atoms with van der Waals surface area (Å²) in [5.41, 5.74) is 3.53. The predicted molar refractivity (Wildman–Crippen MR) is 106 cm³/mol. The number of carbonyl (C=O) groups is 1. The van der Waals surface area contributed by atoms with Crippen molar-refractivity contribution >= 4 is 11.6 Å². The van der Waals surface area contributed by atoms with Gasteiger partial charge in [0.1, 0.15) is 11.8 Å². The first kappa shape index (κ1) is 19.8. The second-order valence-corrected chi connectivity index (χ2v) is 7.02. The van der Waals surface area contributed by atoms with E-state index in [2.05, 4.69) is 48.6 Å². The van der Waals surface area contributed by atoms with Crippen molar-refractivity contribution in [1.29, 1.82) is 0 Å². The quantitative estimate of drug-likeness (QED) is 0.752. The van der Waals surface area contributed by atoms with Crippen LogP contribution in [-0.2, 0) is 4.79 Å². The molecule has 2 N–H and O–H groups in total. The number of amides is 1. The monoisotopic (exact) mass is 356 g/mol. The van der Waals surface area contributed by atoms with E-state index in [0.717, 1.165) is 5.69 Å². The second-order valence-electron chi connectivity index (χ2n) is 7.02. The third-order valence-corrected chi connectivity index (χ3v) is 4.40. The first-order valence-electron chi connectivity index (χ1n) is 8.90. The lowest BCUT2D eigenvalue weighted by atomic mass is 10.1. The molecule has 0 unspecified atom stereocenters. The number of hydrogen-bond acceptors (Lipinski definition) is 3. The molecule has 0 aliphatic carbocycles. The summed E-state index contributed by atoms with van der Waals surface area (Å²) in [4.78, 5) is 15.5. The second kappa shape index (κ2) is 9.25. The van der Waals surface area contributed by atoms with Gasteiger partial charge >= 0.3 is 0 Å². The van der Waals surface area contributed by atoms with Crippen LogP contribution >= 0.6 is 0 Å². The number of anilines is 1. The minimum Gasteiger partial charge on any atom is -0.484 e. The van der Waals surface area contributed by atoms with E-state index in [1.807, 2.05) is 45.3 Å². The summed E-state index contributed by atoms with van der Waals surface area (Å²) in [5, 5.41) is 2.99. The summed E-state index contributed by atoms with van der Waals surface area (Å²) < 4.78 is 5.54. The van der Waals surface area contributed by atoms with Crippen molar-refractivity contribution in [3.8, 4) is 5.75 Å². The highest BCUT2D eigenvalue weighted by atomic mass is 16.5. The van der Waals surface area contributed by atoms with Gasteiger partial charge < -0.3 is 19.9 Å². The fraction of sp³-hybridized carbons (Fsp3) is 0.381. The fourth-order valence-electron chi connectivity index (χ4n) is 2.71. The van der Waals surface area contributed by atoms with E-state index in [0.29, 0.717) is 12.3 Å². The predicted octanol–water partition coefficient (Wildman–Crippen LogP) is 1.44. The zero-order valence-corrected chi connectivity index (χ0v) is 16.4. The SMILES string of the molecule is Cc1ccc(OCC(=O)NC[C@@H](c2ccc(N(C)C)cc2)[NH+](C)C)cc1. The number of benzene rings is 2. The van der Waals surface area contributed by atoms with Gasteiger partial charge in [-0.1, -0.05) is 29.8 Å². The van der Waals surface area contributed by atoms with E-state index in [4.69, 9.17) is 4.74 Å². The van der Waals surface area contributed by atoms with Gasteiger partial charge in [0.05, 0.1) is 20.6 Å². The van der Waals surface area contributed by atoms with Gasteiger partial charge in [0.25, 0.3) is 5.91 Å². The molecule has 26 heavy (non-hydrogen) atoms. The molecule has 140 valence electrons. The Morgan fingerprint density at radius 3 is 2.23 bits per heavy atom. The molecule has 0 saturated heterocycles. The number of carbonyl (C=O) groups excluding carboxylic acids is 1. The Bertz CT molecular complexity index is 694. The summed E-state index contributed by atoms with van der Waals surface area (Å²) >= 11 is 0. The Morgan fingerprint density at radius 1 is 1.08 bits per heavy atom. The lowest BCUT2D eigenvalue weighted by molar-refractivity contribution is -0.890. The average molecular weight is 356 g/mol. The van der Waals surface area contributed by atoms with Crippen molar-refractivity contribution in [2.75, 3.05) is 46.2 Å². The highest BCUT2D eigenvalue weighted by molar-refractivity contribution is 5.77. The third-order valence-electron chi connectivity index (χ3n) is 4.40. The van der Waals surface area contributed by atoms with Gasteiger partial charge in [-0.3, -0.25) is 4.79 Å². The first-order chi connectivity index (χ1) is 12.4. The van der Waals surface area contributed by atoms with Gasteiger partial charge in [-0.05, 0) is 31.2 Å². The zero-order chi connectivity index (χ0) is 19.1. The minimum absolute atomic E-state index is 0.0259. The molecule has 0 saturated carbocycles. The van der Waals surface area contributed by atoms with Crippen LogP contribution in [0, 0.1) is 6.92 Å². The van der Waals surface area contributed by atoms with Crippen molar-refractivity contribution in [2.45, 2.75) is 13.0 Å². The summed E-state index contributed by atoms with van der Waals surface area (Å²) in [6, 6.07) is 16.3. The summed E-state index contributed by atoms with van der Waals surface area (Å²) in [5.74, 6) is 0.599. The molecule has 2 aromatic rings. The van der Waals surface area contributed by atoms with Crippen molar-refractivity contribution in [3.63, 3.8) is 0 Å². The van der Waals surface area contributed by atoms with Gasteiger partial charge in [-0.25, -0.2) is 0 Å². The highest BCUT2D eigenvalue weighted by Crippen LogP contribution is 2.16. The maximum atomic E-state index is 12.1. The van der Waals surface area contributed by atoms with Gasteiger partial charge in [0, 0.05) is 25.3 Å². The van der Waals surface area contributed by atoms with Gasteiger partial charge in [-0.2, -0.15) is 0 Å². The lowest BCUT2D eigenvalue weighted by Gasteiger charge is -2.23. The average Bonchev–Trinajstić information content (AvgIpc) is 2.61. The van der Waals surface area contributed by atoms with Crippen molar-refractivity contribution < 1.29 is 14.4 Å². The van der Waals surface area contributed by atoms with Crippen LogP contribution in [0.1, 0.15) is 17.2 Å². The molecule has 5 nitrogen and oxygen atoms in total. The van der Waals surface area contributed by atoms with Crippen LogP contribution in [0.25, 0.3) is 0 Å². The van der Waals surface area contributed by atoms with Crippen molar-refractivity contribution in [2.24, 2.45) is 0 Å². The van der Waals surface area contributed by atoms with Crippen LogP contribution in [0.4, 0.5) is 5.69 Å². The standard InChI is InChI=1S/C21H29N3O2/c1-16-6-12-19(13-7-16)26-15-21(25)22-14-20(24(4)5)17-8-10-18(11-9-17)23(2)3/h6-13,20H,14-15H2,1-5H3,(H,22,25)/p+1/t20-/m0/s1. The van der Waals surface area contributed by atoms with Crippen LogP contribution in [0.5, 0.6) is 5.75 Å². The molecular weight excluding hydrogens is 326 g/mol. The molecule has 0 aliphatic rings. The molecule has 1 amide bonds. The van der Waals surface area contributed by atoms with Crippen molar-refractivity contribution in [3.05, 3.63) is 59.7 Å². The maximum absolute atomic E-state index is 12.1. The van der Waals surface area contributed by atoms with E-state index in [1.165, 1.54) is 16.0 Å². The van der Waals surface area contributed by atoms with Crippen molar-refractivity contribution in [1.82, 2.24) is 5.32 Å². The Balaban J connectivity index is 1.89. The summed E-state index contributed by atoms with van der Waals surface area (Å²) in [6.07, 6.45) is 0. The van der Waals surface area contributed by atoms with E-state index in [1.54, 1.807) is 0 Å². The zero-order valence-electron chi connectivity index (χ0n) is 16.4. The maximum Gasteiger partial charge on any atom is 0.258 e. The summed E-state index contributed by atoms with van der Waals surface area (Å²) in [7, 11) is 8.24.